The maximum absolute atomic E-state index is 13.1. The number of amides is 1. The van der Waals surface area contributed by atoms with E-state index in [1.165, 1.54) is 17.8 Å². The second-order valence-corrected chi connectivity index (χ2v) is 6.13. The summed E-state index contributed by atoms with van der Waals surface area (Å²) in [5.41, 5.74) is 0. The second kappa shape index (κ2) is 7.04. The number of carbonyl (C=O) groups is 1. The van der Waals surface area contributed by atoms with Gasteiger partial charge in [0, 0.05) is 18.0 Å². The van der Waals surface area contributed by atoms with E-state index in [2.05, 4.69) is 5.32 Å². The van der Waals surface area contributed by atoms with Crippen molar-refractivity contribution in [3.8, 4) is 0 Å². The average Bonchev–Trinajstić information content (AvgIpc) is 2.93. The number of hydrogen-bond donors (Lipinski definition) is 1. The van der Waals surface area contributed by atoms with E-state index in [0.29, 0.717) is 11.4 Å². The van der Waals surface area contributed by atoms with E-state index in [9.17, 15) is 13.6 Å². The number of ether oxygens (including phenoxy) is 1. The Balaban J connectivity index is 1.81. The van der Waals surface area contributed by atoms with Gasteiger partial charge in [0.1, 0.15) is 0 Å². The molecule has 0 saturated carbocycles. The summed E-state index contributed by atoms with van der Waals surface area (Å²) in [7, 11) is 0. The fraction of sp³-hybridized carbons (Fsp3) is 0.500. The van der Waals surface area contributed by atoms with Crippen molar-refractivity contribution in [3.05, 3.63) is 29.8 Å². The van der Waals surface area contributed by atoms with Gasteiger partial charge >= 0.3 is 0 Å². The lowest BCUT2D eigenvalue weighted by molar-refractivity contribution is -0.120. The molecular weight excluding hydrogens is 284 g/mol. The van der Waals surface area contributed by atoms with Crippen molar-refractivity contribution in [1.82, 2.24) is 5.32 Å². The summed E-state index contributed by atoms with van der Waals surface area (Å²) in [6.07, 6.45) is 2.09. The zero-order chi connectivity index (χ0) is 14.5. The molecule has 0 bridgehead atoms. The summed E-state index contributed by atoms with van der Waals surface area (Å²) in [4.78, 5) is 12.4. The zero-order valence-corrected chi connectivity index (χ0v) is 12.0. The van der Waals surface area contributed by atoms with Crippen LogP contribution >= 0.6 is 11.8 Å². The Morgan fingerprint density at radius 3 is 2.95 bits per heavy atom. The third-order valence-corrected chi connectivity index (χ3v) is 4.19. The molecule has 0 spiro atoms. The molecule has 1 aliphatic heterocycles. The predicted molar refractivity (Wildman–Crippen MR) is 73.7 cm³/mol. The monoisotopic (exact) mass is 301 g/mol. The van der Waals surface area contributed by atoms with Crippen molar-refractivity contribution >= 4 is 17.7 Å². The molecule has 1 aliphatic rings. The molecule has 1 aromatic carbocycles. The number of thioether (sulfide) groups is 1. The van der Waals surface area contributed by atoms with Gasteiger partial charge in [0.15, 0.2) is 11.6 Å². The number of hydrogen-bond acceptors (Lipinski definition) is 3. The van der Waals surface area contributed by atoms with E-state index in [-0.39, 0.29) is 17.3 Å². The number of halogens is 2. The lowest BCUT2D eigenvalue weighted by Gasteiger charge is -2.14. The summed E-state index contributed by atoms with van der Waals surface area (Å²) >= 11 is 1.20. The molecule has 20 heavy (non-hydrogen) atoms. The first kappa shape index (κ1) is 15.3. The molecule has 1 heterocycles. The van der Waals surface area contributed by atoms with Crippen LogP contribution in [-0.2, 0) is 9.53 Å². The minimum Gasteiger partial charge on any atom is -0.376 e. The molecule has 0 aromatic heterocycles. The third-order valence-electron chi connectivity index (χ3n) is 3.10. The Morgan fingerprint density at radius 1 is 1.50 bits per heavy atom. The first-order chi connectivity index (χ1) is 9.56. The van der Waals surface area contributed by atoms with Gasteiger partial charge in [-0.1, -0.05) is 0 Å². The molecule has 0 radical (unpaired) electrons. The fourth-order valence-corrected chi connectivity index (χ4v) is 2.89. The summed E-state index contributed by atoms with van der Waals surface area (Å²) in [6.45, 7) is 2.98. The van der Waals surface area contributed by atoms with Crippen molar-refractivity contribution in [1.29, 1.82) is 0 Å². The highest BCUT2D eigenvalue weighted by atomic mass is 32.2. The van der Waals surface area contributed by atoms with Crippen LogP contribution in [0.25, 0.3) is 0 Å². The molecule has 1 aromatic rings. The minimum atomic E-state index is -0.901. The van der Waals surface area contributed by atoms with Gasteiger partial charge in [-0.3, -0.25) is 4.79 Å². The molecule has 110 valence electrons. The van der Waals surface area contributed by atoms with Crippen molar-refractivity contribution < 1.29 is 18.3 Å². The van der Waals surface area contributed by atoms with E-state index in [1.807, 2.05) is 0 Å². The summed E-state index contributed by atoms with van der Waals surface area (Å²) in [5.74, 6) is -1.91. The van der Waals surface area contributed by atoms with Crippen LogP contribution in [0.1, 0.15) is 19.8 Å². The minimum absolute atomic E-state index is 0.0967. The Kier molecular flexibility index (Phi) is 5.37. The van der Waals surface area contributed by atoms with Gasteiger partial charge in [0.2, 0.25) is 5.91 Å². The molecular formula is C14H17F2NO2S. The average molecular weight is 301 g/mol. The van der Waals surface area contributed by atoms with Gasteiger partial charge in [0.25, 0.3) is 0 Å². The number of carbonyl (C=O) groups excluding carboxylic acids is 1. The van der Waals surface area contributed by atoms with Crippen LogP contribution in [0.2, 0.25) is 0 Å². The second-order valence-electron chi connectivity index (χ2n) is 4.72. The number of benzene rings is 1. The van der Waals surface area contributed by atoms with Gasteiger partial charge in [-0.2, -0.15) is 0 Å². The van der Waals surface area contributed by atoms with E-state index in [4.69, 9.17) is 4.74 Å². The van der Waals surface area contributed by atoms with Crippen molar-refractivity contribution in [2.45, 2.75) is 36.0 Å². The normalized spacial score (nSPS) is 19.9. The van der Waals surface area contributed by atoms with Crippen molar-refractivity contribution in [3.63, 3.8) is 0 Å². The van der Waals surface area contributed by atoms with E-state index in [0.717, 1.165) is 31.6 Å². The quantitative estimate of drug-likeness (QED) is 0.850. The maximum Gasteiger partial charge on any atom is 0.233 e. The van der Waals surface area contributed by atoms with Crippen LogP contribution in [0.5, 0.6) is 0 Å². The Morgan fingerprint density at radius 2 is 2.30 bits per heavy atom. The van der Waals surface area contributed by atoms with Gasteiger partial charge in [-0.15, -0.1) is 11.8 Å². The maximum atomic E-state index is 13.1. The zero-order valence-electron chi connectivity index (χ0n) is 11.2. The topological polar surface area (TPSA) is 38.3 Å². The van der Waals surface area contributed by atoms with E-state index < -0.39 is 11.6 Å². The molecule has 2 unspecified atom stereocenters. The van der Waals surface area contributed by atoms with E-state index in [1.54, 1.807) is 6.92 Å². The number of rotatable bonds is 5. The molecule has 0 aliphatic carbocycles. The largest absolute Gasteiger partial charge is 0.376 e. The molecule has 3 nitrogen and oxygen atoms in total. The van der Waals surface area contributed by atoms with Crippen molar-refractivity contribution in [2.24, 2.45) is 0 Å². The third kappa shape index (κ3) is 4.18. The fourth-order valence-electron chi connectivity index (χ4n) is 1.97. The first-order valence-corrected chi connectivity index (χ1v) is 7.45. The highest BCUT2D eigenvalue weighted by Crippen LogP contribution is 2.25. The van der Waals surface area contributed by atoms with Crippen LogP contribution in [0, 0.1) is 11.6 Å². The number of nitrogens with one attached hydrogen (secondary N) is 1. The van der Waals surface area contributed by atoms with Gasteiger partial charge < -0.3 is 10.1 Å². The lowest BCUT2D eigenvalue weighted by Crippen LogP contribution is -2.36. The van der Waals surface area contributed by atoms with Gasteiger partial charge in [-0.05, 0) is 38.0 Å². The van der Waals surface area contributed by atoms with Gasteiger partial charge in [0.05, 0.1) is 11.4 Å². The van der Waals surface area contributed by atoms with Crippen LogP contribution in [0.15, 0.2) is 23.1 Å². The molecule has 1 N–H and O–H groups in total. The Hall–Kier alpha value is -1.14. The standard InChI is InChI=1S/C14H17F2NO2S/c1-9(14(18)17-8-10-3-2-6-19-10)20-11-4-5-12(15)13(16)7-11/h4-5,7,9-10H,2-3,6,8H2,1H3,(H,17,18). The van der Waals surface area contributed by atoms with Crippen LogP contribution in [0.4, 0.5) is 8.78 Å². The van der Waals surface area contributed by atoms with E-state index >= 15 is 0 Å². The summed E-state index contributed by atoms with van der Waals surface area (Å²) in [6, 6.07) is 3.63. The molecule has 1 fully saturated rings. The summed E-state index contributed by atoms with van der Waals surface area (Å²) < 4.78 is 31.3. The Bertz CT molecular complexity index is 478. The van der Waals surface area contributed by atoms with Crippen LogP contribution < -0.4 is 5.32 Å². The SMILES string of the molecule is CC(Sc1ccc(F)c(F)c1)C(=O)NCC1CCCO1. The molecule has 2 atom stereocenters. The van der Waals surface area contributed by atoms with Crippen LogP contribution in [-0.4, -0.2) is 30.4 Å². The molecule has 6 heteroatoms. The predicted octanol–water partition coefficient (Wildman–Crippen LogP) is 2.74. The molecule has 2 rings (SSSR count). The highest BCUT2D eigenvalue weighted by molar-refractivity contribution is 8.00. The molecule has 1 amide bonds. The van der Waals surface area contributed by atoms with Gasteiger partial charge in [-0.25, -0.2) is 8.78 Å². The highest BCUT2D eigenvalue weighted by Gasteiger charge is 2.19. The summed E-state index contributed by atoms with van der Waals surface area (Å²) in [5, 5.41) is 2.44. The van der Waals surface area contributed by atoms with Crippen molar-refractivity contribution in [2.75, 3.05) is 13.2 Å². The Labute approximate surface area is 121 Å². The van der Waals surface area contributed by atoms with Crippen LogP contribution in [0.3, 0.4) is 0 Å². The lowest BCUT2D eigenvalue weighted by atomic mass is 10.2. The first-order valence-electron chi connectivity index (χ1n) is 6.57. The molecule has 1 saturated heterocycles. The smallest absolute Gasteiger partial charge is 0.233 e.